The van der Waals surface area contributed by atoms with Crippen molar-refractivity contribution < 1.29 is 18.0 Å². The van der Waals surface area contributed by atoms with Crippen LogP contribution in [-0.2, 0) is 14.8 Å². The molecule has 7 nitrogen and oxygen atoms in total. The summed E-state index contributed by atoms with van der Waals surface area (Å²) >= 11 is 12.1. The number of rotatable bonds is 6. The van der Waals surface area contributed by atoms with Crippen molar-refractivity contribution >= 4 is 56.4 Å². The predicted molar refractivity (Wildman–Crippen MR) is 121 cm³/mol. The van der Waals surface area contributed by atoms with E-state index in [2.05, 4.69) is 10.6 Å². The first-order chi connectivity index (χ1) is 13.8. The number of hydrogen-bond donors (Lipinski definition) is 2. The molecule has 0 heterocycles. The molecule has 2 aromatic rings. The lowest BCUT2D eigenvalue weighted by Gasteiger charge is -2.24. The van der Waals surface area contributed by atoms with Gasteiger partial charge in [0.25, 0.3) is 5.91 Å². The number of carbonyl (C=O) groups is 2. The van der Waals surface area contributed by atoms with Crippen LogP contribution in [-0.4, -0.2) is 38.6 Å². The average molecular weight is 472 g/mol. The van der Waals surface area contributed by atoms with Gasteiger partial charge in [0.05, 0.1) is 33.2 Å². The van der Waals surface area contributed by atoms with Crippen molar-refractivity contribution in [3.8, 4) is 0 Å². The smallest absolute Gasteiger partial charge is 0.253 e. The van der Waals surface area contributed by atoms with Crippen LogP contribution in [0.3, 0.4) is 0 Å². The summed E-state index contributed by atoms with van der Waals surface area (Å²) in [7, 11) is -3.84. The maximum Gasteiger partial charge on any atom is 0.253 e. The summed E-state index contributed by atoms with van der Waals surface area (Å²) in [5.74, 6) is -1.01. The number of benzene rings is 2. The largest absolute Gasteiger partial charge is 0.347 e. The van der Waals surface area contributed by atoms with Crippen LogP contribution in [0.4, 0.5) is 11.4 Å². The normalized spacial score (nSPS) is 11.7. The van der Waals surface area contributed by atoms with E-state index in [1.807, 2.05) is 20.8 Å². The molecular weight excluding hydrogens is 449 g/mol. The maximum absolute atomic E-state index is 12.7. The van der Waals surface area contributed by atoms with Crippen molar-refractivity contribution in [1.29, 1.82) is 0 Å². The van der Waals surface area contributed by atoms with E-state index in [1.54, 1.807) is 24.3 Å². The Morgan fingerprint density at radius 3 is 2.27 bits per heavy atom. The van der Waals surface area contributed by atoms with E-state index in [9.17, 15) is 18.0 Å². The summed E-state index contributed by atoms with van der Waals surface area (Å²) in [6, 6.07) is 11.0. The third-order valence-electron chi connectivity index (χ3n) is 3.82. The zero-order valence-electron chi connectivity index (χ0n) is 17.0. The van der Waals surface area contributed by atoms with Crippen LogP contribution in [0, 0.1) is 0 Å². The Bertz CT molecular complexity index is 1070. The molecule has 0 bridgehead atoms. The second-order valence-corrected chi connectivity index (χ2v) is 10.3. The number of amides is 2. The summed E-state index contributed by atoms with van der Waals surface area (Å²) < 4.78 is 25.4. The Morgan fingerprint density at radius 1 is 1.03 bits per heavy atom. The van der Waals surface area contributed by atoms with Gasteiger partial charge in [0.2, 0.25) is 15.9 Å². The Hall–Kier alpha value is -2.29. The Kier molecular flexibility index (Phi) is 7.39. The van der Waals surface area contributed by atoms with Crippen LogP contribution in [0.2, 0.25) is 10.0 Å². The molecule has 0 radical (unpaired) electrons. The van der Waals surface area contributed by atoms with E-state index >= 15 is 0 Å². The van der Waals surface area contributed by atoms with Crippen molar-refractivity contribution in [2.75, 3.05) is 22.4 Å². The van der Waals surface area contributed by atoms with Crippen molar-refractivity contribution in [3.05, 3.63) is 58.1 Å². The maximum atomic E-state index is 12.7. The third-order valence-corrected chi connectivity index (χ3v) is 5.76. The first-order valence-corrected chi connectivity index (χ1v) is 11.5. The molecule has 0 fully saturated rings. The minimum atomic E-state index is -3.84. The van der Waals surface area contributed by atoms with Gasteiger partial charge in [-0.1, -0.05) is 41.4 Å². The molecule has 0 saturated heterocycles. The van der Waals surface area contributed by atoms with Gasteiger partial charge in [0.15, 0.2) is 0 Å². The van der Waals surface area contributed by atoms with E-state index in [1.165, 1.54) is 18.2 Å². The van der Waals surface area contributed by atoms with Gasteiger partial charge < -0.3 is 10.6 Å². The van der Waals surface area contributed by atoms with Crippen molar-refractivity contribution in [2.45, 2.75) is 26.3 Å². The van der Waals surface area contributed by atoms with Crippen LogP contribution in [0.5, 0.6) is 0 Å². The molecule has 0 atom stereocenters. The van der Waals surface area contributed by atoms with E-state index in [-0.39, 0.29) is 32.9 Å². The van der Waals surface area contributed by atoms with Gasteiger partial charge in [-0.25, -0.2) is 8.42 Å². The highest BCUT2D eigenvalue weighted by atomic mass is 35.5. The van der Waals surface area contributed by atoms with Gasteiger partial charge >= 0.3 is 0 Å². The number of halogens is 2. The second kappa shape index (κ2) is 9.24. The fourth-order valence-corrected chi connectivity index (χ4v) is 3.89. The zero-order valence-corrected chi connectivity index (χ0v) is 19.3. The Labute approximate surface area is 186 Å². The first kappa shape index (κ1) is 24.0. The molecule has 0 spiro atoms. The highest BCUT2D eigenvalue weighted by molar-refractivity contribution is 7.92. The molecule has 2 N–H and O–H groups in total. The topological polar surface area (TPSA) is 95.6 Å². The first-order valence-electron chi connectivity index (χ1n) is 8.93. The lowest BCUT2D eigenvalue weighted by molar-refractivity contribution is -0.114. The summed E-state index contributed by atoms with van der Waals surface area (Å²) in [5.41, 5.74) is 0.132. The minimum Gasteiger partial charge on any atom is -0.347 e. The molecule has 2 rings (SSSR count). The minimum absolute atomic E-state index is 0.0161. The molecule has 162 valence electrons. The Morgan fingerprint density at radius 2 is 1.67 bits per heavy atom. The molecule has 2 amide bonds. The molecule has 2 aromatic carbocycles. The number of anilines is 2. The van der Waals surface area contributed by atoms with Gasteiger partial charge in [0.1, 0.15) is 6.54 Å². The van der Waals surface area contributed by atoms with E-state index in [0.717, 1.165) is 10.6 Å². The van der Waals surface area contributed by atoms with Crippen molar-refractivity contribution in [1.82, 2.24) is 5.32 Å². The average Bonchev–Trinajstić information content (AvgIpc) is 2.60. The van der Waals surface area contributed by atoms with Crippen molar-refractivity contribution in [2.24, 2.45) is 0 Å². The molecular formula is C20H23Cl2N3O4S. The molecule has 0 aromatic heterocycles. The van der Waals surface area contributed by atoms with Gasteiger partial charge in [-0.05, 0) is 45.0 Å². The summed E-state index contributed by atoms with van der Waals surface area (Å²) in [4.78, 5) is 25.2. The molecule has 0 unspecified atom stereocenters. The van der Waals surface area contributed by atoms with Crippen LogP contribution in [0.15, 0.2) is 42.5 Å². The molecule has 30 heavy (non-hydrogen) atoms. The van der Waals surface area contributed by atoms with Crippen LogP contribution in [0.25, 0.3) is 0 Å². The van der Waals surface area contributed by atoms with Gasteiger partial charge in [-0.2, -0.15) is 0 Å². The van der Waals surface area contributed by atoms with Crippen molar-refractivity contribution in [3.63, 3.8) is 0 Å². The van der Waals surface area contributed by atoms with Gasteiger partial charge in [-0.3, -0.25) is 13.9 Å². The predicted octanol–water partition coefficient (Wildman–Crippen LogP) is 3.93. The van der Waals surface area contributed by atoms with Crippen LogP contribution >= 0.6 is 23.2 Å². The summed E-state index contributed by atoms with van der Waals surface area (Å²) in [6.07, 6.45) is 0.961. The molecule has 10 heteroatoms. The quantitative estimate of drug-likeness (QED) is 0.666. The third kappa shape index (κ3) is 6.35. The highest BCUT2D eigenvalue weighted by Gasteiger charge is 2.25. The van der Waals surface area contributed by atoms with E-state index in [0.29, 0.717) is 0 Å². The SMILES string of the molecule is CC(C)(C)NC(=O)c1ccccc1NC(=O)CN(c1cccc(Cl)c1Cl)S(C)(=O)=O. The number of para-hydroxylation sites is 1. The van der Waals surface area contributed by atoms with Crippen LogP contribution < -0.4 is 14.9 Å². The Balaban J connectivity index is 2.29. The number of nitrogens with zero attached hydrogens (tertiary/aromatic N) is 1. The number of hydrogen-bond acceptors (Lipinski definition) is 4. The van der Waals surface area contributed by atoms with E-state index < -0.39 is 28.0 Å². The number of sulfonamides is 1. The van der Waals surface area contributed by atoms with Gasteiger partial charge in [-0.15, -0.1) is 0 Å². The van der Waals surface area contributed by atoms with Crippen LogP contribution in [0.1, 0.15) is 31.1 Å². The molecule has 0 aliphatic heterocycles. The van der Waals surface area contributed by atoms with E-state index in [4.69, 9.17) is 23.2 Å². The molecule has 0 saturated carbocycles. The number of nitrogens with one attached hydrogen (secondary N) is 2. The fourth-order valence-electron chi connectivity index (χ4n) is 2.58. The lowest BCUT2D eigenvalue weighted by atomic mass is 10.1. The molecule has 0 aliphatic carbocycles. The summed E-state index contributed by atoms with van der Waals surface area (Å²) in [5, 5.41) is 5.60. The zero-order chi connectivity index (χ0) is 22.7. The monoisotopic (exact) mass is 471 g/mol. The standard InChI is InChI=1S/C20H23Cl2N3O4S/c1-20(2,3)24-19(27)13-8-5-6-10-15(13)23-17(26)12-25(30(4,28)29)16-11-7-9-14(21)18(16)22/h5-11H,12H2,1-4H3,(H,23,26)(H,24,27). The second-order valence-electron chi connectivity index (χ2n) is 7.64. The lowest BCUT2D eigenvalue weighted by Crippen LogP contribution is -2.41. The number of carbonyl (C=O) groups excluding carboxylic acids is 2. The fraction of sp³-hybridized carbons (Fsp3) is 0.300. The van der Waals surface area contributed by atoms with Gasteiger partial charge in [0, 0.05) is 5.54 Å². The highest BCUT2D eigenvalue weighted by Crippen LogP contribution is 2.33. The molecule has 0 aliphatic rings. The summed E-state index contributed by atoms with van der Waals surface area (Å²) in [6.45, 7) is 4.97.